The molecule has 0 aromatic heterocycles. The zero-order valence-corrected chi connectivity index (χ0v) is 12.6. The topological polar surface area (TPSA) is 40.5 Å². The average molecular weight is 314 g/mol. The van der Waals surface area contributed by atoms with Crippen LogP contribution in [0.25, 0.3) is 0 Å². The fourth-order valence-corrected chi connectivity index (χ4v) is 2.42. The predicted molar refractivity (Wildman–Crippen MR) is 76.7 cm³/mol. The van der Waals surface area contributed by atoms with E-state index >= 15 is 0 Å². The third-order valence-electron chi connectivity index (χ3n) is 3.02. The van der Waals surface area contributed by atoms with Crippen LogP contribution in [0.1, 0.15) is 38.8 Å². The van der Waals surface area contributed by atoms with E-state index in [1.54, 1.807) is 0 Å². The predicted octanol–water partition coefficient (Wildman–Crippen LogP) is 3.70. The lowest BCUT2D eigenvalue weighted by Crippen LogP contribution is -2.38. The first-order valence-corrected chi connectivity index (χ1v) is 6.98. The minimum atomic E-state index is -0.778. The summed E-state index contributed by atoms with van der Waals surface area (Å²) in [6, 6.07) is 8.45. The monoisotopic (exact) mass is 313 g/mol. The van der Waals surface area contributed by atoms with Crippen molar-refractivity contribution in [3.05, 3.63) is 34.3 Å². The summed E-state index contributed by atoms with van der Waals surface area (Å²) in [4.78, 5) is 13.0. The highest BCUT2D eigenvalue weighted by atomic mass is 79.9. The summed E-state index contributed by atoms with van der Waals surface area (Å²) in [7, 11) is 0. The molecule has 3 nitrogen and oxygen atoms in total. The van der Waals surface area contributed by atoms with Crippen LogP contribution in [0.3, 0.4) is 0 Å². The van der Waals surface area contributed by atoms with Crippen molar-refractivity contribution in [2.24, 2.45) is 0 Å². The molecule has 0 bridgehead atoms. The number of carboxylic acid groups (broad SMARTS) is 1. The lowest BCUT2D eigenvalue weighted by Gasteiger charge is -2.33. The van der Waals surface area contributed by atoms with Crippen LogP contribution in [0.5, 0.6) is 0 Å². The molecule has 1 unspecified atom stereocenters. The highest BCUT2D eigenvalue weighted by Crippen LogP contribution is 2.27. The first kappa shape index (κ1) is 15.2. The minimum Gasteiger partial charge on any atom is -0.480 e. The molecule has 1 aromatic carbocycles. The van der Waals surface area contributed by atoms with Crippen molar-refractivity contribution in [1.82, 2.24) is 4.90 Å². The zero-order valence-electron chi connectivity index (χ0n) is 11.1. The number of carboxylic acids is 1. The third-order valence-corrected chi connectivity index (χ3v) is 3.55. The van der Waals surface area contributed by atoms with Crippen LogP contribution in [-0.2, 0) is 4.79 Å². The van der Waals surface area contributed by atoms with Gasteiger partial charge in [0.2, 0.25) is 0 Å². The number of halogens is 1. The highest BCUT2D eigenvalue weighted by molar-refractivity contribution is 9.10. The van der Waals surface area contributed by atoms with Crippen LogP contribution in [0, 0.1) is 0 Å². The molecule has 0 aliphatic rings. The molecular formula is C14H20BrNO2. The second kappa shape index (κ2) is 6.90. The number of benzene rings is 1. The average Bonchev–Trinajstić information content (AvgIpc) is 2.30. The van der Waals surface area contributed by atoms with E-state index in [4.69, 9.17) is 5.11 Å². The lowest BCUT2D eigenvalue weighted by atomic mass is 10.0. The molecule has 1 aromatic rings. The van der Waals surface area contributed by atoms with Crippen LogP contribution < -0.4 is 0 Å². The van der Waals surface area contributed by atoms with Crippen molar-refractivity contribution in [2.75, 3.05) is 6.54 Å². The summed E-state index contributed by atoms with van der Waals surface area (Å²) >= 11 is 3.42. The maximum atomic E-state index is 11.0. The number of aliphatic carboxylic acids is 1. The number of hydrogen-bond acceptors (Lipinski definition) is 2. The van der Waals surface area contributed by atoms with Crippen LogP contribution in [0.2, 0.25) is 0 Å². The van der Waals surface area contributed by atoms with E-state index in [1.165, 1.54) is 0 Å². The number of nitrogens with zero attached hydrogens (tertiary/aromatic N) is 1. The van der Waals surface area contributed by atoms with Crippen LogP contribution in [0.4, 0.5) is 0 Å². The fraction of sp³-hybridized carbons (Fsp3) is 0.500. The molecule has 0 heterocycles. The van der Waals surface area contributed by atoms with E-state index in [-0.39, 0.29) is 18.6 Å². The van der Waals surface area contributed by atoms with Gasteiger partial charge < -0.3 is 5.11 Å². The highest BCUT2D eigenvalue weighted by Gasteiger charge is 2.23. The van der Waals surface area contributed by atoms with Crippen molar-refractivity contribution in [2.45, 2.75) is 39.3 Å². The molecule has 0 radical (unpaired) electrons. The van der Waals surface area contributed by atoms with Crippen molar-refractivity contribution in [3.8, 4) is 0 Å². The van der Waals surface area contributed by atoms with Crippen molar-refractivity contribution < 1.29 is 9.90 Å². The van der Waals surface area contributed by atoms with Crippen LogP contribution in [-0.4, -0.2) is 28.6 Å². The SMILES string of the molecule is CCC(c1ccc(Br)cc1)N(CC(=O)O)C(C)C. The van der Waals surface area contributed by atoms with Gasteiger partial charge in [0, 0.05) is 16.6 Å². The Kier molecular flexibility index (Phi) is 5.82. The van der Waals surface area contributed by atoms with Gasteiger partial charge in [0.05, 0.1) is 6.54 Å². The minimum absolute atomic E-state index is 0.0756. The van der Waals surface area contributed by atoms with Crippen LogP contribution >= 0.6 is 15.9 Å². The summed E-state index contributed by atoms with van der Waals surface area (Å²) in [5.41, 5.74) is 1.16. The summed E-state index contributed by atoms with van der Waals surface area (Å²) in [6.45, 7) is 6.23. The van der Waals surface area contributed by atoms with Gasteiger partial charge >= 0.3 is 5.97 Å². The van der Waals surface area contributed by atoms with Gasteiger partial charge in [0.1, 0.15) is 0 Å². The molecule has 0 aliphatic heterocycles. The van der Waals surface area contributed by atoms with E-state index < -0.39 is 5.97 Å². The molecule has 0 amide bonds. The maximum absolute atomic E-state index is 11.0. The van der Waals surface area contributed by atoms with E-state index in [2.05, 4.69) is 35.0 Å². The molecule has 0 saturated heterocycles. The maximum Gasteiger partial charge on any atom is 0.317 e. The molecule has 4 heteroatoms. The second-order valence-corrected chi connectivity index (χ2v) is 5.55. The zero-order chi connectivity index (χ0) is 13.7. The summed E-state index contributed by atoms with van der Waals surface area (Å²) < 4.78 is 1.04. The van der Waals surface area contributed by atoms with Gasteiger partial charge in [0.25, 0.3) is 0 Å². The second-order valence-electron chi connectivity index (χ2n) is 4.64. The molecule has 100 valence electrons. The summed E-state index contributed by atoms with van der Waals surface area (Å²) in [6.07, 6.45) is 0.896. The van der Waals surface area contributed by atoms with Gasteiger partial charge in [-0.2, -0.15) is 0 Å². The molecule has 0 spiro atoms. The largest absolute Gasteiger partial charge is 0.480 e. The number of hydrogen-bond donors (Lipinski definition) is 1. The Hall–Kier alpha value is -0.870. The molecule has 1 atom stereocenters. The van der Waals surface area contributed by atoms with Gasteiger partial charge in [-0.15, -0.1) is 0 Å². The number of carbonyl (C=O) groups is 1. The standard InChI is InChI=1S/C14H20BrNO2/c1-4-13(11-5-7-12(15)8-6-11)16(10(2)3)9-14(17)18/h5-8,10,13H,4,9H2,1-3H3,(H,17,18). The first-order chi connectivity index (χ1) is 8.45. The Morgan fingerprint density at radius 3 is 2.28 bits per heavy atom. The smallest absolute Gasteiger partial charge is 0.317 e. The van der Waals surface area contributed by atoms with E-state index in [0.29, 0.717) is 0 Å². The van der Waals surface area contributed by atoms with Gasteiger partial charge in [-0.3, -0.25) is 9.69 Å². The van der Waals surface area contributed by atoms with Crippen molar-refractivity contribution >= 4 is 21.9 Å². The molecule has 0 aliphatic carbocycles. The Balaban J connectivity index is 2.97. The Morgan fingerprint density at radius 1 is 1.33 bits per heavy atom. The van der Waals surface area contributed by atoms with E-state index in [9.17, 15) is 4.79 Å². The summed E-state index contributed by atoms with van der Waals surface area (Å²) in [5.74, 6) is -0.778. The van der Waals surface area contributed by atoms with Gasteiger partial charge in [-0.1, -0.05) is 35.0 Å². The van der Waals surface area contributed by atoms with Crippen LogP contribution in [0.15, 0.2) is 28.7 Å². The summed E-state index contributed by atoms with van der Waals surface area (Å²) in [5, 5.41) is 9.02. The molecule has 18 heavy (non-hydrogen) atoms. The quantitative estimate of drug-likeness (QED) is 0.870. The number of rotatable bonds is 6. The van der Waals surface area contributed by atoms with Crippen molar-refractivity contribution in [1.29, 1.82) is 0 Å². The molecule has 1 rings (SSSR count). The van der Waals surface area contributed by atoms with E-state index in [1.807, 2.05) is 30.9 Å². The molecule has 0 fully saturated rings. The normalized spacial score (nSPS) is 13.0. The van der Waals surface area contributed by atoms with Crippen molar-refractivity contribution in [3.63, 3.8) is 0 Å². The lowest BCUT2D eigenvalue weighted by molar-refractivity contribution is -0.139. The Bertz CT molecular complexity index is 389. The van der Waals surface area contributed by atoms with Gasteiger partial charge in [-0.25, -0.2) is 0 Å². The van der Waals surface area contributed by atoms with Gasteiger partial charge in [-0.05, 0) is 38.0 Å². The Morgan fingerprint density at radius 2 is 1.89 bits per heavy atom. The first-order valence-electron chi connectivity index (χ1n) is 6.18. The van der Waals surface area contributed by atoms with E-state index in [0.717, 1.165) is 16.5 Å². The fourth-order valence-electron chi connectivity index (χ4n) is 2.16. The molecular weight excluding hydrogens is 294 g/mol. The molecule has 1 N–H and O–H groups in total. The Labute approximate surface area is 117 Å². The van der Waals surface area contributed by atoms with Gasteiger partial charge in [0.15, 0.2) is 0 Å². The third kappa shape index (κ3) is 4.10. The molecule has 0 saturated carbocycles.